The maximum absolute atomic E-state index is 13.0. The average molecular weight is 440 g/mol. The van der Waals surface area contributed by atoms with E-state index >= 15 is 0 Å². The van der Waals surface area contributed by atoms with Crippen LogP contribution in [0.15, 0.2) is 83.8 Å². The SMILES string of the molecule is O=S(=O)(Cc1nc2ccccc2n1CC(O)COc1ccc(F)cc1)c1ccccc1. The Kier molecular flexibility index (Phi) is 6.01. The zero-order chi connectivity index (χ0) is 21.8. The van der Waals surface area contributed by atoms with Gasteiger partial charge in [-0.2, -0.15) is 0 Å². The smallest absolute Gasteiger partial charge is 0.185 e. The molecule has 0 spiro atoms. The van der Waals surface area contributed by atoms with Crippen molar-refractivity contribution in [3.8, 4) is 5.75 Å². The van der Waals surface area contributed by atoms with Gasteiger partial charge < -0.3 is 14.4 Å². The van der Waals surface area contributed by atoms with Crippen molar-refractivity contribution in [3.05, 3.63) is 90.5 Å². The quantitative estimate of drug-likeness (QED) is 0.453. The van der Waals surface area contributed by atoms with Crippen molar-refractivity contribution in [3.63, 3.8) is 0 Å². The third-order valence-corrected chi connectivity index (χ3v) is 6.43. The van der Waals surface area contributed by atoms with Crippen LogP contribution in [-0.2, 0) is 22.1 Å². The van der Waals surface area contributed by atoms with E-state index in [9.17, 15) is 17.9 Å². The lowest BCUT2D eigenvalue weighted by Crippen LogP contribution is -2.25. The summed E-state index contributed by atoms with van der Waals surface area (Å²) in [6.45, 7) is 0.0599. The molecule has 3 aromatic carbocycles. The van der Waals surface area contributed by atoms with Crippen molar-refractivity contribution < 1.29 is 22.7 Å². The van der Waals surface area contributed by atoms with Crippen LogP contribution in [0.2, 0.25) is 0 Å². The predicted molar refractivity (Wildman–Crippen MR) is 115 cm³/mol. The molecule has 0 fully saturated rings. The van der Waals surface area contributed by atoms with Gasteiger partial charge in [-0.15, -0.1) is 0 Å². The molecular formula is C23H21FN2O4S. The summed E-state index contributed by atoms with van der Waals surface area (Å²) in [4.78, 5) is 4.71. The molecule has 31 heavy (non-hydrogen) atoms. The molecule has 4 aromatic rings. The largest absolute Gasteiger partial charge is 0.491 e. The number of imidazole rings is 1. The topological polar surface area (TPSA) is 81.4 Å². The number of ether oxygens (including phenoxy) is 1. The summed E-state index contributed by atoms with van der Waals surface area (Å²) < 4.78 is 46.0. The van der Waals surface area contributed by atoms with E-state index in [0.717, 1.165) is 5.52 Å². The molecule has 0 radical (unpaired) electrons. The highest BCUT2D eigenvalue weighted by Gasteiger charge is 2.22. The molecule has 0 aliphatic rings. The van der Waals surface area contributed by atoms with Gasteiger partial charge in [0.2, 0.25) is 0 Å². The molecule has 8 heteroatoms. The number of hydrogen-bond acceptors (Lipinski definition) is 5. The third kappa shape index (κ3) is 4.92. The molecule has 0 bridgehead atoms. The summed E-state index contributed by atoms with van der Waals surface area (Å²) in [5, 5.41) is 10.5. The van der Waals surface area contributed by atoms with Gasteiger partial charge in [0.05, 0.1) is 22.5 Å². The van der Waals surface area contributed by atoms with E-state index in [1.54, 1.807) is 41.0 Å². The van der Waals surface area contributed by atoms with Crippen molar-refractivity contribution in [2.75, 3.05) is 6.61 Å². The van der Waals surface area contributed by atoms with E-state index in [0.29, 0.717) is 17.1 Å². The van der Waals surface area contributed by atoms with E-state index < -0.39 is 15.9 Å². The van der Waals surface area contributed by atoms with Gasteiger partial charge in [0.1, 0.15) is 35.9 Å². The summed E-state index contributed by atoms with van der Waals surface area (Å²) in [6.07, 6.45) is -0.930. The molecule has 1 unspecified atom stereocenters. The third-order valence-electron chi connectivity index (χ3n) is 4.80. The molecule has 1 heterocycles. The van der Waals surface area contributed by atoms with Crippen LogP contribution < -0.4 is 4.74 Å². The number of aromatic nitrogens is 2. The highest BCUT2D eigenvalue weighted by molar-refractivity contribution is 7.90. The fourth-order valence-electron chi connectivity index (χ4n) is 3.31. The number of fused-ring (bicyclic) bond motifs is 1. The Morgan fingerprint density at radius 1 is 0.968 bits per heavy atom. The Bertz CT molecular complexity index is 1270. The standard InChI is InChI=1S/C23H21FN2O4S/c24-17-10-12-19(13-11-17)30-15-18(27)14-26-22-9-5-4-8-21(22)25-23(26)16-31(28,29)20-6-2-1-3-7-20/h1-13,18,27H,14-16H2. The number of para-hydroxylation sites is 2. The maximum Gasteiger partial charge on any atom is 0.185 e. The van der Waals surface area contributed by atoms with Crippen LogP contribution in [0.1, 0.15) is 5.82 Å². The van der Waals surface area contributed by atoms with Crippen LogP contribution in [0, 0.1) is 5.82 Å². The maximum atomic E-state index is 13.0. The number of hydrogen-bond donors (Lipinski definition) is 1. The van der Waals surface area contributed by atoms with E-state index in [-0.39, 0.29) is 29.6 Å². The van der Waals surface area contributed by atoms with Crippen LogP contribution in [-0.4, -0.2) is 35.8 Å². The molecule has 160 valence electrons. The number of nitrogens with zero attached hydrogens (tertiary/aromatic N) is 2. The van der Waals surface area contributed by atoms with Crippen molar-refractivity contribution in [1.29, 1.82) is 0 Å². The number of aliphatic hydroxyl groups is 1. The highest BCUT2D eigenvalue weighted by atomic mass is 32.2. The number of sulfone groups is 1. The summed E-state index contributed by atoms with van der Waals surface area (Å²) in [5.74, 6) is 0.104. The lowest BCUT2D eigenvalue weighted by molar-refractivity contribution is 0.0928. The van der Waals surface area contributed by atoms with Gasteiger partial charge >= 0.3 is 0 Å². The van der Waals surface area contributed by atoms with Crippen molar-refractivity contribution >= 4 is 20.9 Å². The van der Waals surface area contributed by atoms with E-state index in [1.807, 2.05) is 18.2 Å². The van der Waals surface area contributed by atoms with Gasteiger partial charge in [0.15, 0.2) is 9.84 Å². The van der Waals surface area contributed by atoms with Gasteiger partial charge in [0.25, 0.3) is 0 Å². The zero-order valence-corrected chi connectivity index (χ0v) is 17.4. The monoisotopic (exact) mass is 440 g/mol. The van der Waals surface area contributed by atoms with E-state index in [2.05, 4.69) is 4.98 Å². The minimum absolute atomic E-state index is 0.0387. The first-order chi connectivity index (χ1) is 14.9. The summed E-state index contributed by atoms with van der Waals surface area (Å²) in [6, 6.07) is 21.0. The molecule has 0 aliphatic carbocycles. The second-order valence-corrected chi connectivity index (χ2v) is 9.11. The van der Waals surface area contributed by atoms with Gasteiger partial charge in [0, 0.05) is 0 Å². The van der Waals surface area contributed by atoms with Gasteiger partial charge in [-0.1, -0.05) is 30.3 Å². The van der Waals surface area contributed by atoms with E-state index in [1.165, 1.54) is 24.3 Å². The normalized spacial score (nSPS) is 12.7. The van der Waals surface area contributed by atoms with Crippen LogP contribution in [0.3, 0.4) is 0 Å². The van der Waals surface area contributed by atoms with E-state index in [4.69, 9.17) is 4.74 Å². The van der Waals surface area contributed by atoms with Crippen LogP contribution in [0.5, 0.6) is 5.75 Å². The Balaban J connectivity index is 1.57. The van der Waals surface area contributed by atoms with Crippen LogP contribution in [0.25, 0.3) is 11.0 Å². The second-order valence-electron chi connectivity index (χ2n) is 7.12. The van der Waals surface area contributed by atoms with Gasteiger partial charge in [-0.25, -0.2) is 17.8 Å². The van der Waals surface area contributed by atoms with Crippen molar-refractivity contribution in [2.24, 2.45) is 0 Å². The Morgan fingerprint density at radius 3 is 2.39 bits per heavy atom. The van der Waals surface area contributed by atoms with Gasteiger partial charge in [-0.05, 0) is 48.5 Å². The summed E-state index contributed by atoms with van der Waals surface area (Å²) in [7, 11) is -3.61. The molecule has 1 N–H and O–H groups in total. The number of aliphatic hydroxyl groups excluding tert-OH is 1. The Hall–Kier alpha value is -3.23. The molecule has 0 aliphatic heterocycles. The molecule has 0 saturated heterocycles. The molecular weight excluding hydrogens is 419 g/mol. The van der Waals surface area contributed by atoms with Crippen LogP contribution >= 0.6 is 0 Å². The van der Waals surface area contributed by atoms with Gasteiger partial charge in [-0.3, -0.25) is 0 Å². The second kappa shape index (κ2) is 8.87. The minimum Gasteiger partial charge on any atom is -0.491 e. The molecule has 1 aromatic heterocycles. The first kappa shape index (κ1) is 21.0. The molecule has 1 atom stereocenters. The first-order valence-electron chi connectivity index (χ1n) is 9.71. The molecule has 0 saturated carbocycles. The number of halogens is 1. The minimum atomic E-state index is -3.61. The van der Waals surface area contributed by atoms with Crippen molar-refractivity contribution in [1.82, 2.24) is 9.55 Å². The number of benzene rings is 3. The fraction of sp³-hybridized carbons (Fsp3) is 0.174. The molecule has 6 nitrogen and oxygen atoms in total. The molecule has 0 amide bonds. The zero-order valence-electron chi connectivity index (χ0n) is 16.6. The predicted octanol–water partition coefficient (Wildman–Crippen LogP) is 3.59. The summed E-state index contributed by atoms with van der Waals surface area (Å²) in [5.41, 5.74) is 1.37. The van der Waals surface area contributed by atoms with Crippen molar-refractivity contribution in [2.45, 2.75) is 23.3 Å². The van der Waals surface area contributed by atoms with Crippen LogP contribution in [0.4, 0.5) is 4.39 Å². The summed E-state index contributed by atoms with van der Waals surface area (Å²) >= 11 is 0. The Morgan fingerprint density at radius 2 is 1.65 bits per heavy atom. The molecule has 4 rings (SSSR count). The number of rotatable bonds is 8. The highest BCUT2D eigenvalue weighted by Crippen LogP contribution is 2.22. The lowest BCUT2D eigenvalue weighted by atomic mass is 10.3. The average Bonchev–Trinajstić information content (AvgIpc) is 3.10. The first-order valence-corrected chi connectivity index (χ1v) is 11.4. The lowest BCUT2D eigenvalue weighted by Gasteiger charge is -2.16. The Labute approximate surface area is 179 Å². The fourth-order valence-corrected chi connectivity index (χ4v) is 4.61.